The number of benzene rings is 2. The lowest BCUT2D eigenvalue weighted by molar-refractivity contribution is 0.0939. The van der Waals surface area contributed by atoms with Gasteiger partial charge in [0.25, 0.3) is 5.91 Å². The molecular weight excluding hydrogens is 309 g/mol. The maximum Gasteiger partial charge on any atom is 0.251 e. The standard InChI is InChI=1S/C19H22FNO3/c1-4-23-17-11-10-14(12-18(17)24-5-2)19(22)21-13(3)15-8-6-7-9-16(15)20/h6-13H,4-5H2,1-3H3,(H,21,22). The van der Waals surface area contributed by atoms with E-state index in [9.17, 15) is 9.18 Å². The second-order valence-corrected chi connectivity index (χ2v) is 5.24. The first-order chi connectivity index (χ1) is 11.6. The number of carbonyl (C=O) groups excluding carboxylic acids is 1. The number of carbonyl (C=O) groups is 1. The molecule has 1 amide bonds. The van der Waals surface area contributed by atoms with Gasteiger partial charge >= 0.3 is 0 Å². The number of amides is 1. The van der Waals surface area contributed by atoms with Gasteiger partial charge in [0.1, 0.15) is 5.82 Å². The zero-order chi connectivity index (χ0) is 17.5. The summed E-state index contributed by atoms with van der Waals surface area (Å²) in [5, 5.41) is 2.80. The molecule has 2 aromatic rings. The summed E-state index contributed by atoms with van der Waals surface area (Å²) in [7, 11) is 0. The summed E-state index contributed by atoms with van der Waals surface area (Å²) < 4.78 is 24.8. The summed E-state index contributed by atoms with van der Waals surface area (Å²) in [6, 6.07) is 11.0. The number of rotatable bonds is 7. The van der Waals surface area contributed by atoms with Crippen molar-refractivity contribution in [3.05, 3.63) is 59.4 Å². The van der Waals surface area contributed by atoms with Gasteiger partial charge in [0.2, 0.25) is 0 Å². The first kappa shape index (κ1) is 17.8. The number of hydrogen-bond acceptors (Lipinski definition) is 3. The van der Waals surface area contributed by atoms with E-state index in [0.717, 1.165) is 0 Å². The Morgan fingerprint density at radius 1 is 1.08 bits per heavy atom. The van der Waals surface area contributed by atoms with Crippen LogP contribution in [0.3, 0.4) is 0 Å². The molecule has 0 radical (unpaired) electrons. The second-order valence-electron chi connectivity index (χ2n) is 5.24. The average Bonchev–Trinajstić information content (AvgIpc) is 2.57. The third-order valence-corrected chi connectivity index (χ3v) is 3.52. The quantitative estimate of drug-likeness (QED) is 0.830. The highest BCUT2D eigenvalue weighted by Crippen LogP contribution is 2.29. The topological polar surface area (TPSA) is 47.6 Å². The fourth-order valence-electron chi connectivity index (χ4n) is 2.38. The average molecular weight is 331 g/mol. The first-order valence-electron chi connectivity index (χ1n) is 8.01. The minimum absolute atomic E-state index is 0.297. The minimum atomic E-state index is -0.444. The summed E-state index contributed by atoms with van der Waals surface area (Å²) in [5.41, 5.74) is 0.881. The van der Waals surface area contributed by atoms with Crippen molar-refractivity contribution in [2.75, 3.05) is 13.2 Å². The summed E-state index contributed by atoms with van der Waals surface area (Å²) in [6.45, 7) is 6.47. The van der Waals surface area contributed by atoms with Gasteiger partial charge in [-0.2, -0.15) is 0 Å². The van der Waals surface area contributed by atoms with Gasteiger partial charge in [-0.3, -0.25) is 4.79 Å². The van der Waals surface area contributed by atoms with Gasteiger partial charge in [-0.25, -0.2) is 4.39 Å². The summed E-state index contributed by atoms with van der Waals surface area (Å²) in [6.07, 6.45) is 0. The Balaban J connectivity index is 2.17. The number of ether oxygens (including phenoxy) is 2. The van der Waals surface area contributed by atoms with E-state index < -0.39 is 6.04 Å². The van der Waals surface area contributed by atoms with Crippen molar-refractivity contribution in [1.29, 1.82) is 0 Å². The predicted octanol–water partition coefficient (Wildman–Crippen LogP) is 4.11. The normalized spacial score (nSPS) is 11.7. The molecule has 4 nitrogen and oxygen atoms in total. The van der Waals surface area contributed by atoms with Crippen LogP contribution in [-0.4, -0.2) is 19.1 Å². The highest BCUT2D eigenvalue weighted by atomic mass is 19.1. The van der Waals surface area contributed by atoms with Crippen LogP contribution < -0.4 is 14.8 Å². The van der Waals surface area contributed by atoms with Crippen molar-refractivity contribution in [3.8, 4) is 11.5 Å². The molecule has 1 unspecified atom stereocenters. The Morgan fingerprint density at radius 3 is 2.42 bits per heavy atom. The number of hydrogen-bond donors (Lipinski definition) is 1. The van der Waals surface area contributed by atoms with E-state index in [1.807, 2.05) is 13.8 Å². The highest BCUT2D eigenvalue weighted by molar-refractivity contribution is 5.95. The molecule has 0 aliphatic heterocycles. The molecule has 24 heavy (non-hydrogen) atoms. The molecule has 0 spiro atoms. The van der Waals surface area contributed by atoms with E-state index >= 15 is 0 Å². The Hall–Kier alpha value is -2.56. The summed E-state index contributed by atoms with van der Waals surface area (Å²) in [4.78, 5) is 12.4. The van der Waals surface area contributed by atoms with Crippen LogP contribution >= 0.6 is 0 Å². The van der Waals surface area contributed by atoms with Crippen LogP contribution in [0.1, 0.15) is 42.7 Å². The molecule has 0 aliphatic carbocycles. The Morgan fingerprint density at radius 2 is 1.75 bits per heavy atom. The Labute approximate surface area is 141 Å². The second kappa shape index (κ2) is 8.34. The van der Waals surface area contributed by atoms with Gasteiger partial charge in [0.15, 0.2) is 11.5 Å². The summed E-state index contributed by atoms with van der Waals surface area (Å²) in [5.74, 6) is 0.477. The van der Waals surface area contributed by atoms with Crippen LogP contribution in [0.15, 0.2) is 42.5 Å². The lowest BCUT2D eigenvalue weighted by atomic mass is 10.1. The van der Waals surface area contributed by atoms with E-state index in [0.29, 0.717) is 35.8 Å². The molecule has 0 aromatic heterocycles. The van der Waals surface area contributed by atoms with E-state index in [1.165, 1.54) is 6.07 Å². The molecule has 2 aromatic carbocycles. The molecule has 2 rings (SSSR count). The zero-order valence-corrected chi connectivity index (χ0v) is 14.1. The van der Waals surface area contributed by atoms with Crippen LogP contribution in [-0.2, 0) is 0 Å². The maximum atomic E-state index is 13.8. The lowest BCUT2D eigenvalue weighted by Gasteiger charge is -2.16. The minimum Gasteiger partial charge on any atom is -0.490 e. The molecule has 0 bridgehead atoms. The SMILES string of the molecule is CCOc1ccc(C(=O)NC(C)c2ccccc2F)cc1OCC. The fourth-order valence-corrected chi connectivity index (χ4v) is 2.38. The maximum absolute atomic E-state index is 13.8. The Kier molecular flexibility index (Phi) is 6.18. The van der Waals surface area contributed by atoms with Crippen LogP contribution in [0, 0.1) is 5.82 Å². The third-order valence-electron chi connectivity index (χ3n) is 3.52. The van der Waals surface area contributed by atoms with Gasteiger partial charge in [-0.1, -0.05) is 18.2 Å². The van der Waals surface area contributed by atoms with Crippen molar-refractivity contribution in [2.45, 2.75) is 26.8 Å². The summed E-state index contributed by atoms with van der Waals surface area (Å²) >= 11 is 0. The molecule has 0 saturated heterocycles. The fraction of sp³-hybridized carbons (Fsp3) is 0.316. The van der Waals surface area contributed by atoms with Crippen molar-refractivity contribution in [1.82, 2.24) is 5.32 Å². The van der Waals surface area contributed by atoms with Gasteiger partial charge in [-0.15, -0.1) is 0 Å². The predicted molar refractivity (Wildman–Crippen MR) is 91.1 cm³/mol. The lowest BCUT2D eigenvalue weighted by Crippen LogP contribution is -2.27. The molecule has 128 valence electrons. The van der Waals surface area contributed by atoms with Crippen molar-refractivity contribution in [3.63, 3.8) is 0 Å². The first-order valence-corrected chi connectivity index (χ1v) is 8.01. The molecular formula is C19H22FNO3. The van der Waals surface area contributed by atoms with Crippen LogP contribution in [0.25, 0.3) is 0 Å². The van der Waals surface area contributed by atoms with Gasteiger partial charge < -0.3 is 14.8 Å². The highest BCUT2D eigenvalue weighted by Gasteiger charge is 2.16. The monoisotopic (exact) mass is 331 g/mol. The Bertz CT molecular complexity index is 703. The van der Waals surface area contributed by atoms with Crippen molar-refractivity contribution < 1.29 is 18.7 Å². The van der Waals surface area contributed by atoms with E-state index in [-0.39, 0.29) is 11.7 Å². The molecule has 0 heterocycles. The molecule has 0 fully saturated rings. The van der Waals surface area contributed by atoms with E-state index in [2.05, 4.69) is 5.32 Å². The number of halogens is 1. The van der Waals surface area contributed by atoms with Gasteiger partial charge in [0, 0.05) is 11.1 Å². The van der Waals surface area contributed by atoms with E-state index in [1.54, 1.807) is 43.3 Å². The van der Waals surface area contributed by atoms with Crippen molar-refractivity contribution in [2.24, 2.45) is 0 Å². The zero-order valence-electron chi connectivity index (χ0n) is 14.1. The molecule has 0 aliphatic rings. The third kappa shape index (κ3) is 4.25. The van der Waals surface area contributed by atoms with E-state index in [4.69, 9.17) is 9.47 Å². The molecule has 1 N–H and O–H groups in total. The van der Waals surface area contributed by atoms with Crippen LogP contribution in [0.4, 0.5) is 4.39 Å². The van der Waals surface area contributed by atoms with Crippen molar-refractivity contribution >= 4 is 5.91 Å². The largest absolute Gasteiger partial charge is 0.490 e. The smallest absolute Gasteiger partial charge is 0.251 e. The number of nitrogens with one attached hydrogen (secondary N) is 1. The van der Waals surface area contributed by atoms with Gasteiger partial charge in [0.05, 0.1) is 19.3 Å². The molecule has 0 saturated carbocycles. The van der Waals surface area contributed by atoms with Crippen LogP contribution in [0.5, 0.6) is 11.5 Å². The van der Waals surface area contributed by atoms with Crippen LogP contribution in [0.2, 0.25) is 0 Å². The molecule has 1 atom stereocenters. The van der Waals surface area contributed by atoms with Gasteiger partial charge in [-0.05, 0) is 45.0 Å². The molecule has 5 heteroatoms.